The molecular formula is C25H29N3O5S. The molecule has 180 valence electrons. The number of hydrogen-bond acceptors (Lipinski definition) is 6. The third-order valence-corrected chi connectivity index (χ3v) is 4.94. The van der Waals surface area contributed by atoms with Gasteiger partial charge in [-0.3, -0.25) is 14.5 Å². The van der Waals surface area contributed by atoms with Crippen molar-refractivity contribution >= 4 is 30.5 Å². The minimum absolute atomic E-state index is 0.00870. The molecule has 2 rings (SSSR count). The summed E-state index contributed by atoms with van der Waals surface area (Å²) in [4.78, 5) is 39.7. The summed E-state index contributed by atoms with van der Waals surface area (Å²) in [6.07, 6.45) is 4.86. The van der Waals surface area contributed by atoms with Gasteiger partial charge in [0.25, 0.3) is 5.91 Å². The average Bonchev–Trinajstić information content (AvgIpc) is 2.79. The van der Waals surface area contributed by atoms with E-state index in [9.17, 15) is 19.5 Å². The summed E-state index contributed by atoms with van der Waals surface area (Å²) in [5, 5.41) is 14.9. The lowest BCUT2D eigenvalue weighted by Crippen LogP contribution is -2.52. The number of thiol groups is 1. The number of amides is 3. The maximum Gasteiger partial charge on any atom is 0.408 e. The Morgan fingerprint density at radius 1 is 1.12 bits per heavy atom. The van der Waals surface area contributed by atoms with Gasteiger partial charge in [0.15, 0.2) is 0 Å². The van der Waals surface area contributed by atoms with E-state index in [4.69, 9.17) is 11.2 Å². The molecule has 8 nitrogen and oxygen atoms in total. The van der Waals surface area contributed by atoms with Gasteiger partial charge in [0.05, 0.1) is 0 Å². The first-order valence-electron chi connectivity index (χ1n) is 10.6. The van der Waals surface area contributed by atoms with E-state index in [-0.39, 0.29) is 18.0 Å². The van der Waals surface area contributed by atoms with E-state index in [1.807, 2.05) is 30.3 Å². The molecule has 2 aromatic rings. The molecule has 0 aliphatic carbocycles. The van der Waals surface area contributed by atoms with Gasteiger partial charge in [-0.1, -0.05) is 48.9 Å². The zero-order valence-corrected chi connectivity index (χ0v) is 20.2. The molecule has 0 fully saturated rings. The molecule has 0 spiro atoms. The van der Waals surface area contributed by atoms with E-state index in [0.717, 1.165) is 10.5 Å². The Kier molecular flexibility index (Phi) is 9.39. The number of alkyl carbamates (subject to hydrolysis) is 1. The van der Waals surface area contributed by atoms with E-state index in [1.54, 1.807) is 20.8 Å². The fourth-order valence-corrected chi connectivity index (χ4v) is 3.27. The molecule has 2 atom stereocenters. The number of benzene rings is 2. The number of phenolic OH excluding ortho intramolecular Hbond substituents is 1. The van der Waals surface area contributed by atoms with Crippen LogP contribution < -0.4 is 10.6 Å². The second-order valence-electron chi connectivity index (χ2n) is 8.42. The van der Waals surface area contributed by atoms with Gasteiger partial charge >= 0.3 is 6.09 Å². The van der Waals surface area contributed by atoms with E-state index >= 15 is 0 Å². The zero-order chi connectivity index (χ0) is 25.3. The van der Waals surface area contributed by atoms with Gasteiger partial charge in [-0.25, -0.2) is 4.79 Å². The number of ether oxygens (including phenoxy) is 1. The smallest absolute Gasteiger partial charge is 0.408 e. The number of phenols is 1. The van der Waals surface area contributed by atoms with Crippen LogP contribution in [0.2, 0.25) is 0 Å². The molecule has 0 radical (unpaired) electrons. The molecule has 2 aromatic carbocycles. The molecule has 34 heavy (non-hydrogen) atoms. The fourth-order valence-electron chi connectivity index (χ4n) is 3.02. The molecule has 0 saturated carbocycles. The number of carbonyl (C=O) groups is 3. The van der Waals surface area contributed by atoms with Crippen LogP contribution in [0.3, 0.4) is 0 Å². The molecule has 0 bridgehead atoms. The lowest BCUT2D eigenvalue weighted by atomic mass is 10.0. The number of rotatable bonds is 8. The van der Waals surface area contributed by atoms with Gasteiger partial charge in [0.1, 0.15) is 23.4 Å². The number of nitrogens with one attached hydrogen (secondary N) is 2. The highest BCUT2D eigenvalue weighted by atomic mass is 32.1. The molecule has 0 aliphatic rings. The molecule has 3 amide bonds. The highest BCUT2D eigenvalue weighted by Gasteiger charge is 2.35. The Hall–Kier alpha value is -3.64. The van der Waals surface area contributed by atoms with Gasteiger partial charge in [0, 0.05) is 18.3 Å². The van der Waals surface area contributed by atoms with Crippen LogP contribution >= 0.6 is 12.6 Å². The molecular weight excluding hydrogens is 454 g/mol. The monoisotopic (exact) mass is 483 g/mol. The Labute approximate surface area is 205 Å². The van der Waals surface area contributed by atoms with Crippen LogP contribution in [0.5, 0.6) is 5.75 Å². The van der Waals surface area contributed by atoms with E-state index in [0.29, 0.717) is 5.56 Å². The van der Waals surface area contributed by atoms with Crippen LogP contribution in [0.15, 0.2) is 54.6 Å². The van der Waals surface area contributed by atoms with Crippen LogP contribution in [0.25, 0.3) is 0 Å². The highest BCUT2D eigenvalue weighted by molar-refractivity contribution is 7.80. The number of nitrogens with zero attached hydrogens (tertiary/aromatic N) is 1. The zero-order valence-electron chi connectivity index (χ0n) is 19.3. The number of carbonyl (C=O) groups excluding carboxylic acids is 3. The van der Waals surface area contributed by atoms with Gasteiger partial charge < -0.3 is 20.5 Å². The van der Waals surface area contributed by atoms with Crippen LogP contribution in [0.4, 0.5) is 4.79 Å². The van der Waals surface area contributed by atoms with Gasteiger partial charge in [-0.05, 0) is 44.0 Å². The Morgan fingerprint density at radius 3 is 2.26 bits per heavy atom. The summed E-state index contributed by atoms with van der Waals surface area (Å²) in [7, 11) is 0. The Morgan fingerprint density at radius 2 is 1.74 bits per heavy atom. The molecule has 9 heteroatoms. The molecule has 3 N–H and O–H groups in total. The lowest BCUT2D eigenvalue weighted by Gasteiger charge is -2.30. The maximum absolute atomic E-state index is 13.3. The van der Waals surface area contributed by atoms with Crippen LogP contribution in [-0.2, 0) is 20.9 Å². The Bertz CT molecular complexity index is 1030. The van der Waals surface area contributed by atoms with Gasteiger partial charge in [-0.15, -0.1) is 0 Å². The van der Waals surface area contributed by atoms with Gasteiger partial charge in [0.2, 0.25) is 5.91 Å². The SMILES string of the molecule is C#CN(C(=O)C(CS)NC(=O)OC(C)(C)C)C(C(=O)NCc1ccccc1)c1ccc(O)cc1. The highest BCUT2D eigenvalue weighted by Crippen LogP contribution is 2.24. The lowest BCUT2D eigenvalue weighted by molar-refractivity contribution is -0.138. The topological polar surface area (TPSA) is 108 Å². The van der Waals surface area contributed by atoms with Crippen molar-refractivity contribution in [2.45, 2.75) is 45.0 Å². The normalized spacial score (nSPS) is 12.6. The molecule has 0 aliphatic heterocycles. The first-order chi connectivity index (χ1) is 16.1. The number of hydrogen-bond donors (Lipinski definition) is 4. The molecule has 0 aromatic heterocycles. The van der Waals surface area contributed by atoms with Crippen molar-refractivity contribution in [2.75, 3.05) is 5.75 Å². The van der Waals surface area contributed by atoms with Crippen molar-refractivity contribution in [1.82, 2.24) is 15.5 Å². The summed E-state index contributed by atoms with van der Waals surface area (Å²) >= 11 is 4.16. The third kappa shape index (κ3) is 7.74. The molecule has 0 saturated heterocycles. The largest absolute Gasteiger partial charge is 0.508 e. The number of aromatic hydroxyl groups is 1. The summed E-state index contributed by atoms with van der Waals surface area (Å²) in [6.45, 7) is 5.29. The maximum atomic E-state index is 13.3. The summed E-state index contributed by atoms with van der Waals surface area (Å²) < 4.78 is 5.21. The fraction of sp³-hybridized carbons (Fsp3) is 0.320. The molecule has 2 unspecified atom stereocenters. The Balaban J connectivity index is 2.31. The summed E-state index contributed by atoms with van der Waals surface area (Å²) in [5.41, 5.74) is 0.468. The third-order valence-electron chi connectivity index (χ3n) is 4.57. The van der Waals surface area contributed by atoms with Crippen molar-refractivity contribution in [1.29, 1.82) is 0 Å². The predicted octanol–water partition coefficient (Wildman–Crippen LogP) is 2.99. The number of terminal acetylenes is 1. The van der Waals surface area contributed by atoms with E-state index in [2.05, 4.69) is 29.3 Å². The van der Waals surface area contributed by atoms with Gasteiger partial charge in [-0.2, -0.15) is 12.6 Å². The van der Waals surface area contributed by atoms with E-state index < -0.39 is 35.6 Å². The second-order valence-corrected chi connectivity index (χ2v) is 8.78. The van der Waals surface area contributed by atoms with Crippen molar-refractivity contribution < 1.29 is 24.2 Å². The second kappa shape index (κ2) is 12.0. The minimum Gasteiger partial charge on any atom is -0.508 e. The average molecular weight is 484 g/mol. The minimum atomic E-state index is -1.22. The predicted molar refractivity (Wildman–Crippen MR) is 132 cm³/mol. The van der Waals surface area contributed by atoms with Crippen molar-refractivity contribution in [2.24, 2.45) is 0 Å². The van der Waals surface area contributed by atoms with Crippen LogP contribution in [0, 0.1) is 12.5 Å². The summed E-state index contributed by atoms with van der Waals surface area (Å²) in [6, 6.07) is 14.9. The van der Waals surface area contributed by atoms with Crippen LogP contribution in [-0.4, -0.2) is 45.3 Å². The first-order valence-corrected chi connectivity index (χ1v) is 11.2. The van der Waals surface area contributed by atoms with Crippen molar-refractivity contribution in [3.8, 4) is 18.2 Å². The summed E-state index contributed by atoms with van der Waals surface area (Å²) in [5.74, 6) is -1.33. The molecule has 0 heterocycles. The first kappa shape index (κ1) is 26.6. The van der Waals surface area contributed by atoms with E-state index in [1.165, 1.54) is 24.3 Å². The van der Waals surface area contributed by atoms with Crippen molar-refractivity contribution in [3.05, 3.63) is 65.7 Å². The van der Waals surface area contributed by atoms with Crippen LogP contribution in [0.1, 0.15) is 37.9 Å². The standard InChI is InChI=1S/C25H29N3O5S/c1-5-28(23(31)20(16-34)27-24(32)33-25(2,3)4)21(18-11-13-19(29)14-12-18)22(30)26-15-17-9-7-6-8-10-17/h1,6-14,20-21,29,34H,15-16H2,2-4H3,(H,26,30)(H,27,32). The quantitative estimate of drug-likeness (QED) is 0.262. The van der Waals surface area contributed by atoms with Crippen molar-refractivity contribution in [3.63, 3.8) is 0 Å².